The van der Waals surface area contributed by atoms with E-state index < -0.39 is 10.0 Å². The highest BCUT2D eigenvalue weighted by molar-refractivity contribution is 9.10. The zero-order valence-corrected chi connectivity index (χ0v) is 18.2. The molecule has 1 aliphatic rings. The third-order valence-electron chi connectivity index (χ3n) is 4.59. The van der Waals surface area contributed by atoms with Crippen LogP contribution in [-0.2, 0) is 19.6 Å². The first-order valence-corrected chi connectivity index (χ1v) is 10.9. The molecule has 8 heteroatoms. The molecule has 2 aromatic rings. The Hall–Kier alpha value is -2.16. The van der Waals surface area contributed by atoms with Crippen LogP contribution in [0.5, 0.6) is 0 Å². The summed E-state index contributed by atoms with van der Waals surface area (Å²) in [6, 6.07) is 12.6. The van der Waals surface area contributed by atoms with E-state index in [0.29, 0.717) is 18.5 Å². The van der Waals surface area contributed by atoms with Crippen LogP contribution in [0.1, 0.15) is 12.0 Å². The Bertz CT molecular complexity index is 1030. The number of nitrogens with zero attached hydrogens (tertiary/aromatic N) is 2. The van der Waals surface area contributed by atoms with Gasteiger partial charge in [-0.25, -0.2) is 17.5 Å². The first kappa shape index (κ1) is 20.6. The maximum absolute atomic E-state index is 12.3. The fourth-order valence-electron chi connectivity index (χ4n) is 3.07. The lowest BCUT2D eigenvalue weighted by atomic mass is 10.1. The minimum absolute atomic E-state index is 0.237. The SMILES string of the molecule is COC(=O)C1=Cc2cc(Br)ccc2N(c2ccc(S(=O)(=O)N(C)C)cc2)CC1. The highest BCUT2D eigenvalue weighted by Gasteiger charge is 2.22. The predicted octanol–water partition coefficient (Wildman–Crippen LogP) is 3.80. The summed E-state index contributed by atoms with van der Waals surface area (Å²) in [5, 5.41) is 0. The number of halogens is 1. The van der Waals surface area contributed by atoms with Crippen LogP contribution in [0.3, 0.4) is 0 Å². The first-order valence-electron chi connectivity index (χ1n) is 8.62. The molecule has 1 heterocycles. The van der Waals surface area contributed by atoms with Crippen LogP contribution >= 0.6 is 15.9 Å². The number of fused-ring (bicyclic) bond motifs is 1. The van der Waals surface area contributed by atoms with Crippen LogP contribution in [0.15, 0.2) is 57.4 Å². The number of benzene rings is 2. The normalized spacial score (nSPS) is 14.3. The van der Waals surface area contributed by atoms with Gasteiger partial charge >= 0.3 is 5.97 Å². The molecule has 0 unspecified atom stereocenters. The lowest BCUT2D eigenvalue weighted by Crippen LogP contribution is -2.22. The molecular formula is C20H21BrN2O4S. The molecule has 0 radical (unpaired) electrons. The summed E-state index contributed by atoms with van der Waals surface area (Å²) >= 11 is 3.48. The lowest BCUT2D eigenvalue weighted by molar-refractivity contribution is -0.136. The van der Waals surface area contributed by atoms with Crippen molar-refractivity contribution in [3.8, 4) is 0 Å². The zero-order valence-electron chi connectivity index (χ0n) is 15.8. The molecule has 28 heavy (non-hydrogen) atoms. The third-order valence-corrected chi connectivity index (χ3v) is 6.91. The van der Waals surface area contributed by atoms with Crippen molar-refractivity contribution in [1.29, 1.82) is 0 Å². The topological polar surface area (TPSA) is 66.9 Å². The van der Waals surface area contributed by atoms with Crippen molar-refractivity contribution in [2.75, 3.05) is 32.6 Å². The van der Waals surface area contributed by atoms with E-state index in [0.717, 1.165) is 21.4 Å². The summed E-state index contributed by atoms with van der Waals surface area (Å²) in [4.78, 5) is 14.4. The smallest absolute Gasteiger partial charge is 0.333 e. The molecule has 0 saturated heterocycles. The Kier molecular flexibility index (Phi) is 5.92. The molecular weight excluding hydrogens is 444 g/mol. The van der Waals surface area contributed by atoms with Gasteiger partial charge in [0.1, 0.15) is 0 Å². The molecule has 0 fully saturated rings. The van der Waals surface area contributed by atoms with Crippen LogP contribution < -0.4 is 4.90 Å². The van der Waals surface area contributed by atoms with Crippen molar-refractivity contribution < 1.29 is 17.9 Å². The average molecular weight is 465 g/mol. The van der Waals surface area contributed by atoms with Gasteiger partial charge < -0.3 is 9.64 Å². The number of anilines is 2. The summed E-state index contributed by atoms with van der Waals surface area (Å²) in [6.45, 7) is 0.565. The van der Waals surface area contributed by atoms with Gasteiger partial charge in [-0.1, -0.05) is 15.9 Å². The predicted molar refractivity (Wildman–Crippen MR) is 113 cm³/mol. The fraction of sp³-hybridized carbons (Fsp3) is 0.250. The summed E-state index contributed by atoms with van der Waals surface area (Å²) in [7, 11) is 0.901. The molecule has 0 aliphatic carbocycles. The molecule has 2 aromatic carbocycles. The molecule has 0 atom stereocenters. The van der Waals surface area contributed by atoms with E-state index >= 15 is 0 Å². The Labute approximate surface area is 173 Å². The van der Waals surface area contributed by atoms with Crippen LogP contribution in [-0.4, -0.2) is 46.4 Å². The van der Waals surface area contributed by atoms with E-state index in [1.807, 2.05) is 24.3 Å². The van der Waals surface area contributed by atoms with Gasteiger partial charge in [0.05, 0.1) is 12.0 Å². The number of hydrogen-bond acceptors (Lipinski definition) is 5. The maximum Gasteiger partial charge on any atom is 0.333 e. The molecule has 3 rings (SSSR count). The molecule has 0 bridgehead atoms. The third kappa shape index (κ3) is 3.99. The van der Waals surface area contributed by atoms with E-state index in [2.05, 4.69) is 20.8 Å². The second kappa shape index (κ2) is 8.06. The van der Waals surface area contributed by atoms with Gasteiger partial charge in [0.2, 0.25) is 10.0 Å². The summed E-state index contributed by atoms with van der Waals surface area (Å²) in [6.07, 6.45) is 2.35. The number of rotatable bonds is 4. The Morgan fingerprint density at radius 1 is 1.14 bits per heavy atom. The van der Waals surface area contributed by atoms with E-state index in [9.17, 15) is 13.2 Å². The highest BCUT2D eigenvalue weighted by Crippen LogP contribution is 2.36. The standard InChI is InChI=1S/C20H21BrN2O4S/c1-22(2)28(25,26)18-7-5-17(6-8-18)23-11-10-14(20(24)27-3)12-15-13-16(21)4-9-19(15)23/h4-9,12-13H,10-11H2,1-3H3. The van der Waals surface area contributed by atoms with Gasteiger partial charge in [-0.05, 0) is 60.5 Å². The Morgan fingerprint density at radius 2 is 1.82 bits per heavy atom. The van der Waals surface area contributed by atoms with E-state index in [-0.39, 0.29) is 10.9 Å². The summed E-state index contributed by atoms with van der Waals surface area (Å²) in [5.74, 6) is -0.347. The highest BCUT2D eigenvalue weighted by atomic mass is 79.9. The van der Waals surface area contributed by atoms with Crippen molar-refractivity contribution in [2.45, 2.75) is 11.3 Å². The number of ether oxygens (including phenoxy) is 1. The largest absolute Gasteiger partial charge is 0.466 e. The minimum atomic E-state index is -3.48. The number of hydrogen-bond donors (Lipinski definition) is 0. The molecule has 1 aliphatic heterocycles. The van der Waals surface area contributed by atoms with Gasteiger partial charge in [-0.15, -0.1) is 0 Å². The summed E-state index contributed by atoms with van der Waals surface area (Å²) in [5.41, 5.74) is 3.26. The number of carbonyl (C=O) groups excluding carboxylic acids is 1. The van der Waals surface area contributed by atoms with Crippen molar-refractivity contribution in [1.82, 2.24) is 4.31 Å². The average Bonchev–Trinajstić information content (AvgIpc) is 2.86. The van der Waals surface area contributed by atoms with Gasteiger partial charge in [0.25, 0.3) is 0 Å². The van der Waals surface area contributed by atoms with Gasteiger partial charge in [0.15, 0.2) is 0 Å². The quantitative estimate of drug-likeness (QED) is 0.643. The summed E-state index contributed by atoms with van der Waals surface area (Å²) < 4.78 is 31.6. The second-order valence-corrected chi connectivity index (χ2v) is 9.61. The molecule has 6 nitrogen and oxygen atoms in total. The van der Waals surface area contributed by atoms with Gasteiger partial charge in [0, 0.05) is 42.1 Å². The van der Waals surface area contributed by atoms with E-state index in [1.54, 1.807) is 24.3 Å². The number of methoxy groups -OCH3 is 1. The molecule has 0 aromatic heterocycles. The maximum atomic E-state index is 12.3. The van der Waals surface area contributed by atoms with E-state index in [4.69, 9.17) is 4.74 Å². The van der Waals surface area contributed by atoms with Crippen LogP contribution in [0, 0.1) is 0 Å². The fourth-order valence-corrected chi connectivity index (χ4v) is 4.35. The molecule has 0 N–H and O–H groups in total. The number of esters is 1. The van der Waals surface area contributed by atoms with Crippen molar-refractivity contribution >= 4 is 49.4 Å². The van der Waals surface area contributed by atoms with Crippen LogP contribution in [0.25, 0.3) is 6.08 Å². The second-order valence-electron chi connectivity index (χ2n) is 6.55. The van der Waals surface area contributed by atoms with Crippen LogP contribution in [0.2, 0.25) is 0 Å². The van der Waals surface area contributed by atoms with Gasteiger partial charge in [-0.2, -0.15) is 0 Å². The van der Waals surface area contributed by atoms with Crippen molar-refractivity contribution in [2.24, 2.45) is 0 Å². The lowest BCUT2D eigenvalue weighted by Gasteiger charge is -2.25. The van der Waals surface area contributed by atoms with Crippen molar-refractivity contribution in [3.05, 3.63) is 58.1 Å². The van der Waals surface area contributed by atoms with E-state index in [1.165, 1.54) is 25.5 Å². The Morgan fingerprint density at radius 3 is 2.43 bits per heavy atom. The zero-order chi connectivity index (χ0) is 20.5. The number of sulfonamides is 1. The first-order chi connectivity index (χ1) is 13.2. The minimum Gasteiger partial charge on any atom is -0.466 e. The molecule has 148 valence electrons. The Balaban J connectivity index is 2.02. The molecule has 0 spiro atoms. The van der Waals surface area contributed by atoms with Gasteiger partial charge in [-0.3, -0.25) is 0 Å². The van der Waals surface area contributed by atoms with Crippen LogP contribution in [0.4, 0.5) is 11.4 Å². The molecule has 0 saturated carbocycles. The molecule has 0 amide bonds. The monoisotopic (exact) mass is 464 g/mol. The van der Waals surface area contributed by atoms with Crippen molar-refractivity contribution in [3.63, 3.8) is 0 Å². The number of carbonyl (C=O) groups is 1.